The average molecular weight is 392 g/mol. The van der Waals surface area contributed by atoms with Gasteiger partial charge in [0, 0.05) is 37.7 Å². The van der Waals surface area contributed by atoms with Gasteiger partial charge in [-0.3, -0.25) is 14.6 Å². The van der Waals surface area contributed by atoms with E-state index in [1.165, 1.54) is 5.56 Å². The fourth-order valence-electron chi connectivity index (χ4n) is 3.15. The SMILES string of the molecule is CC(C(=O)Nc1cc(Cl)ccc1Cl)N1CCN(Cc2ccccc2)CC1. The summed E-state index contributed by atoms with van der Waals surface area (Å²) >= 11 is 12.1. The van der Waals surface area contributed by atoms with Gasteiger partial charge in [-0.2, -0.15) is 0 Å². The summed E-state index contributed by atoms with van der Waals surface area (Å²) in [6.07, 6.45) is 0. The minimum absolute atomic E-state index is 0.0642. The molecule has 26 heavy (non-hydrogen) atoms. The first-order chi connectivity index (χ1) is 12.5. The van der Waals surface area contributed by atoms with Crippen molar-refractivity contribution in [3.8, 4) is 0 Å². The van der Waals surface area contributed by atoms with Gasteiger partial charge in [-0.1, -0.05) is 53.5 Å². The number of carbonyl (C=O) groups is 1. The second-order valence-electron chi connectivity index (χ2n) is 6.59. The van der Waals surface area contributed by atoms with E-state index in [4.69, 9.17) is 23.2 Å². The van der Waals surface area contributed by atoms with Gasteiger partial charge in [-0.25, -0.2) is 0 Å². The molecule has 0 bridgehead atoms. The van der Waals surface area contributed by atoms with Gasteiger partial charge in [-0.05, 0) is 30.7 Å². The first kappa shape index (κ1) is 19.2. The van der Waals surface area contributed by atoms with E-state index < -0.39 is 0 Å². The lowest BCUT2D eigenvalue weighted by molar-refractivity contribution is -0.121. The van der Waals surface area contributed by atoms with Gasteiger partial charge >= 0.3 is 0 Å². The highest BCUT2D eigenvalue weighted by molar-refractivity contribution is 6.35. The smallest absolute Gasteiger partial charge is 0.241 e. The maximum atomic E-state index is 12.6. The molecule has 1 aliphatic heterocycles. The number of nitrogens with one attached hydrogen (secondary N) is 1. The van der Waals surface area contributed by atoms with E-state index in [0.717, 1.165) is 32.7 Å². The van der Waals surface area contributed by atoms with E-state index in [2.05, 4.69) is 39.4 Å². The standard InChI is InChI=1S/C20H23Cl2N3O/c1-15(20(26)23-19-13-17(21)7-8-18(19)22)25-11-9-24(10-12-25)14-16-5-3-2-4-6-16/h2-8,13,15H,9-12,14H2,1H3,(H,23,26). The summed E-state index contributed by atoms with van der Waals surface area (Å²) in [5.74, 6) is -0.0642. The number of hydrogen-bond acceptors (Lipinski definition) is 3. The number of nitrogens with zero attached hydrogens (tertiary/aromatic N) is 2. The maximum Gasteiger partial charge on any atom is 0.241 e. The van der Waals surface area contributed by atoms with Gasteiger partial charge in [0.2, 0.25) is 5.91 Å². The molecule has 0 saturated carbocycles. The number of hydrogen-bond donors (Lipinski definition) is 1. The van der Waals surface area contributed by atoms with Crippen molar-refractivity contribution in [3.63, 3.8) is 0 Å². The van der Waals surface area contributed by atoms with Crippen LogP contribution in [0.25, 0.3) is 0 Å². The molecule has 0 aliphatic carbocycles. The quantitative estimate of drug-likeness (QED) is 0.831. The Balaban J connectivity index is 1.52. The van der Waals surface area contributed by atoms with Gasteiger partial charge in [-0.15, -0.1) is 0 Å². The molecule has 6 heteroatoms. The Labute approximate surface area is 164 Å². The average Bonchev–Trinajstić information content (AvgIpc) is 2.65. The van der Waals surface area contributed by atoms with Crippen LogP contribution in [-0.2, 0) is 11.3 Å². The predicted octanol–water partition coefficient (Wildman–Crippen LogP) is 4.14. The van der Waals surface area contributed by atoms with Crippen LogP contribution >= 0.6 is 23.2 Å². The Morgan fingerprint density at radius 1 is 1.08 bits per heavy atom. The number of anilines is 1. The van der Waals surface area contributed by atoms with Crippen LogP contribution in [-0.4, -0.2) is 47.9 Å². The zero-order valence-corrected chi connectivity index (χ0v) is 16.3. The summed E-state index contributed by atoms with van der Waals surface area (Å²) in [7, 11) is 0. The molecule has 0 radical (unpaired) electrons. The largest absolute Gasteiger partial charge is 0.323 e. The van der Waals surface area contributed by atoms with E-state index >= 15 is 0 Å². The molecule has 1 fully saturated rings. The Morgan fingerprint density at radius 2 is 1.77 bits per heavy atom. The van der Waals surface area contributed by atoms with Crippen molar-refractivity contribution in [2.24, 2.45) is 0 Å². The number of amides is 1. The Bertz CT molecular complexity index is 746. The third-order valence-corrected chi connectivity index (χ3v) is 5.33. The number of rotatable bonds is 5. The van der Waals surface area contributed by atoms with Crippen molar-refractivity contribution in [1.82, 2.24) is 9.80 Å². The molecular weight excluding hydrogens is 369 g/mol. The summed E-state index contributed by atoms with van der Waals surface area (Å²) in [5.41, 5.74) is 1.88. The fraction of sp³-hybridized carbons (Fsp3) is 0.350. The minimum atomic E-state index is -0.219. The molecule has 1 atom stereocenters. The van der Waals surface area contributed by atoms with Crippen molar-refractivity contribution in [2.45, 2.75) is 19.5 Å². The molecule has 2 aromatic carbocycles. The van der Waals surface area contributed by atoms with Gasteiger partial charge < -0.3 is 5.32 Å². The van der Waals surface area contributed by atoms with Crippen LogP contribution in [0.4, 0.5) is 5.69 Å². The van der Waals surface area contributed by atoms with Gasteiger partial charge in [0.15, 0.2) is 0 Å². The monoisotopic (exact) mass is 391 g/mol. The molecule has 1 unspecified atom stereocenters. The summed E-state index contributed by atoms with van der Waals surface area (Å²) < 4.78 is 0. The van der Waals surface area contributed by atoms with E-state index in [9.17, 15) is 4.79 Å². The minimum Gasteiger partial charge on any atom is -0.323 e. The second-order valence-corrected chi connectivity index (χ2v) is 7.43. The van der Waals surface area contributed by atoms with Crippen molar-refractivity contribution < 1.29 is 4.79 Å². The van der Waals surface area contributed by atoms with E-state index in [-0.39, 0.29) is 11.9 Å². The van der Waals surface area contributed by atoms with Crippen LogP contribution in [0.1, 0.15) is 12.5 Å². The molecule has 1 saturated heterocycles. The van der Waals surface area contributed by atoms with E-state index in [0.29, 0.717) is 15.7 Å². The lowest BCUT2D eigenvalue weighted by atomic mass is 10.1. The molecule has 4 nitrogen and oxygen atoms in total. The summed E-state index contributed by atoms with van der Waals surface area (Å²) in [6, 6.07) is 15.3. The van der Waals surface area contributed by atoms with Crippen LogP contribution in [0, 0.1) is 0 Å². The first-order valence-electron chi connectivity index (χ1n) is 8.79. The molecule has 0 aromatic heterocycles. The summed E-state index contributed by atoms with van der Waals surface area (Å²) in [4.78, 5) is 17.2. The van der Waals surface area contributed by atoms with Crippen LogP contribution in [0.2, 0.25) is 10.0 Å². The highest BCUT2D eigenvalue weighted by Gasteiger charge is 2.26. The molecule has 2 aromatic rings. The molecule has 138 valence electrons. The van der Waals surface area contributed by atoms with Gasteiger partial charge in [0.25, 0.3) is 0 Å². The molecule has 1 amide bonds. The van der Waals surface area contributed by atoms with Gasteiger partial charge in [0.05, 0.1) is 16.8 Å². The highest BCUT2D eigenvalue weighted by atomic mass is 35.5. The fourth-order valence-corrected chi connectivity index (χ4v) is 3.48. The van der Waals surface area contributed by atoms with Gasteiger partial charge in [0.1, 0.15) is 0 Å². The predicted molar refractivity (Wildman–Crippen MR) is 108 cm³/mol. The second kappa shape index (κ2) is 8.87. The van der Waals surface area contributed by atoms with Crippen molar-refractivity contribution in [3.05, 3.63) is 64.1 Å². The zero-order valence-electron chi connectivity index (χ0n) is 14.8. The highest BCUT2D eigenvalue weighted by Crippen LogP contribution is 2.25. The molecule has 1 N–H and O–H groups in total. The topological polar surface area (TPSA) is 35.6 Å². The van der Waals surface area contributed by atoms with Crippen LogP contribution in [0.5, 0.6) is 0 Å². The number of carbonyl (C=O) groups excluding carboxylic acids is 1. The van der Waals surface area contributed by atoms with E-state index in [1.807, 2.05) is 13.0 Å². The lowest BCUT2D eigenvalue weighted by Crippen LogP contribution is -2.52. The normalized spacial score (nSPS) is 17.0. The number of benzene rings is 2. The first-order valence-corrected chi connectivity index (χ1v) is 9.55. The van der Waals surface area contributed by atoms with E-state index in [1.54, 1.807) is 18.2 Å². The maximum absolute atomic E-state index is 12.6. The van der Waals surface area contributed by atoms with Crippen LogP contribution in [0.15, 0.2) is 48.5 Å². The molecular formula is C20H23Cl2N3O. The molecule has 1 aliphatic rings. The number of piperazine rings is 1. The lowest BCUT2D eigenvalue weighted by Gasteiger charge is -2.37. The van der Waals surface area contributed by atoms with Crippen molar-refractivity contribution in [2.75, 3.05) is 31.5 Å². The van der Waals surface area contributed by atoms with Crippen molar-refractivity contribution in [1.29, 1.82) is 0 Å². The Hall–Kier alpha value is -1.59. The molecule has 0 spiro atoms. The Kier molecular flexibility index (Phi) is 6.54. The summed E-state index contributed by atoms with van der Waals surface area (Å²) in [6.45, 7) is 6.51. The molecule has 1 heterocycles. The van der Waals surface area contributed by atoms with Crippen LogP contribution < -0.4 is 5.32 Å². The zero-order chi connectivity index (χ0) is 18.5. The third-order valence-electron chi connectivity index (χ3n) is 4.77. The van der Waals surface area contributed by atoms with Crippen molar-refractivity contribution >= 4 is 34.8 Å². The number of halogens is 2. The third kappa shape index (κ3) is 4.98. The van der Waals surface area contributed by atoms with Crippen LogP contribution in [0.3, 0.4) is 0 Å². The summed E-state index contributed by atoms with van der Waals surface area (Å²) in [5, 5.41) is 3.93. The Morgan fingerprint density at radius 3 is 2.46 bits per heavy atom. The molecule has 3 rings (SSSR count).